The van der Waals surface area contributed by atoms with E-state index in [1.165, 1.54) is 34.5 Å². The van der Waals surface area contributed by atoms with Crippen LogP contribution in [0.1, 0.15) is 22.6 Å². The summed E-state index contributed by atoms with van der Waals surface area (Å²) in [5, 5.41) is 0. The summed E-state index contributed by atoms with van der Waals surface area (Å²) in [6, 6.07) is 18.0. The summed E-state index contributed by atoms with van der Waals surface area (Å²) in [7, 11) is 1.68. The van der Waals surface area contributed by atoms with Crippen LogP contribution in [0.3, 0.4) is 0 Å². The van der Waals surface area contributed by atoms with Crippen molar-refractivity contribution in [2.24, 2.45) is 0 Å². The van der Waals surface area contributed by atoms with Gasteiger partial charge in [0, 0.05) is 12.1 Å². The van der Waals surface area contributed by atoms with Gasteiger partial charge in [0.15, 0.2) is 0 Å². The third-order valence-corrected chi connectivity index (χ3v) is 4.49. The first-order valence-corrected chi connectivity index (χ1v) is 7.64. The van der Waals surface area contributed by atoms with E-state index in [1.54, 1.807) is 7.11 Å². The van der Waals surface area contributed by atoms with Gasteiger partial charge in [-0.15, -0.1) is 0 Å². The van der Waals surface area contributed by atoms with Gasteiger partial charge in [0.25, 0.3) is 0 Å². The summed E-state index contributed by atoms with van der Waals surface area (Å²) >= 11 is 0. The lowest BCUT2D eigenvalue weighted by Crippen LogP contribution is -2.02. The van der Waals surface area contributed by atoms with Gasteiger partial charge in [-0.25, -0.2) is 4.98 Å². The van der Waals surface area contributed by atoms with E-state index in [0.29, 0.717) is 0 Å². The number of hydrogen-bond acceptors (Lipinski definition) is 2. The van der Waals surface area contributed by atoms with Gasteiger partial charge >= 0.3 is 0 Å². The number of fused-ring (bicyclic) bond motifs is 3. The van der Waals surface area contributed by atoms with E-state index in [1.807, 2.05) is 12.1 Å². The van der Waals surface area contributed by atoms with E-state index in [2.05, 4.69) is 41.4 Å². The van der Waals surface area contributed by atoms with Gasteiger partial charge in [0.1, 0.15) is 5.75 Å². The SMILES string of the molecule is COc1ccc2c(c1)C(Cc1ccnc(F)c1)c1ccccc1-2. The van der Waals surface area contributed by atoms with Gasteiger partial charge in [-0.2, -0.15) is 4.39 Å². The molecule has 1 unspecified atom stereocenters. The minimum absolute atomic E-state index is 0.207. The first-order chi connectivity index (χ1) is 11.3. The second kappa shape index (κ2) is 5.51. The van der Waals surface area contributed by atoms with E-state index in [-0.39, 0.29) is 5.92 Å². The summed E-state index contributed by atoms with van der Waals surface area (Å²) in [4.78, 5) is 3.64. The highest BCUT2D eigenvalue weighted by Crippen LogP contribution is 2.47. The molecule has 1 aromatic heterocycles. The zero-order chi connectivity index (χ0) is 15.8. The third kappa shape index (κ3) is 2.38. The van der Waals surface area contributed by atoms with Gasteiger partial charge < -0.3 is 4.74 Å². The number of nitrogens with zero attached hydrogens (tertiary/aromatic N) is 1. The second-order valence-corrected chi connectivity index (χ2v) is 5.78. The molecule has 0 spiro atoms. The lowest BCUT2D eigenvalue weighted by molar-refractivity contribution is 0.414. The van der Waals surface area contributed by atoms with Crippen molar-refractivity contribution in [3.8, 4) is 16.9 Å². The number of benzene rings is 2. The number of halogens is 1. The van der Waals surface area contributed by atoms with Crippen molar-refractivity contribution in [1.82, 2.24) is 4.98 Å². The maximum absolute atomic E-state index is 13.4. The molecule has 0 radical (unpaired) electrons. The molecule has 114 valence electrons. The van der Waals surface area contributed by atoms with Crippen molar-refractivity contribution in [2.75, 3.05) is 7.11 Å². The van der Waals surface area contributed by atoms with Crippen LogP contribution in [0.25, 0.3) is 11.1 Å². The average molecular weight is 305 g/mol. The maximum atomic E-state index is 13.4. The fourth-order valence-electron chi connectivity index (χ4n) is 3.44. The number of rotatable bonds is 3. The molecule has 0 N–H and O–H groups in total. The fourth-order valence-corrected chi connectivity index (χ4v) is 3.44. The Morgan fingerprint density at radius 2 is 1.83 bits per heavy atom. The largest absolute Gasteiger partial charge is 0.497 e. The molecular weight excluding hydrogens is 289 g/mol. The lowest BCUT2D eigenvalue weighted by atomic mass is 9.90. The molecule has 23 heavy (non-hydrogen) atoms. The molecule has 2 nitrogen and oxygen atoms in total. The van der Waals surface area contributed by atoms with Crippen LogP contribution >= 0.6 is 0 Å². The van der Waals surface area contributed by atoms with Crippen LogP contribution in [-0.2, 0) is 6.42 Å². The quantitative estimate of drug-likeness (QED) is 0.661. The molecule has 0 amide bonds. The Balaban J connectivity index is 1.82. The molecule has 1 atom stereocenters. The molecule has 1 aliphatic carbocycles. The van der Waals surface area contributed by atoms with Crippen molar-refractivity contribution in [3.63, 3.8) is 0 Å². The van der Waals surface area contributed by atoms with Crippen molar-refractivity contribution >= 4 is 0 Å². The molecule has 0 fully saturated rings. The molecule has 0 bridgehead atoms. The van der Waals surface area contributed by atoms with Crippen LogP contribution in [0.4, 0.5) is 4.39 Å². The van der Waals surface area contributed by atoms with E-state index in [9.17, 15) is 4.39 Å². The predicted octanol–water partition coefficient (Wildman–Crippen LogP) is 4.58. The van der Waals surface area contributed by atoms with Crippen molar-refractivity contribution < 1.29 is 9.13 Å². The Labute approximate surface area is 134 Å². The topological polar surface area (TPSA) is 22.1 Å². The van der Waals surface area contributed by atoms with Gasteiger partial charge in [-0.05, 0) is 58.5 Å². The summed E-state index contributed by atoms with van der Waals surface area (Å²) < 4.78 is 18.8. The Morgan fingerprint density at radius 1 is 1.00 bits per heavy atom. The Kier molecular flexibility index (Phi) is 3.34. The first-order valence-electron chi connectivity index (χ1n) is 7.64. The molecule has 4 rings (SSSR count). The number of ether oxygens (including phenoxy) is 1. The minimum Gasteiger partial charge on any atom is -0.497 e. The Hall–Kier alpha value is -2.68. The highest BCUT2D eigenvalue weighted by atomic mass is 19.1. The molecule has 0 aliphatic heterocycles. The first kappa shape index (κ1) is 13.9. The Morgan fingerprint density at radius 3 is 2.65 bits per heavy atom. The van der Waals surface area contributed by atoms with Crippen LogP contribution in [0.15, 0.2) is 60.8 Å². The van der Waals surface area contributed by atoms with Crippen molar-refractivity contribution in [1.29, 1.82) is 0 Å². The zero-order valence-electron chi connectivity index (χ0n) is 12.8. The number of methoxy groups -OCH3 is 1. The summed E-state index contributed by atoms with van der Waals surface area (Å²) in [6.07, 6.45) is 2.27. The molecule has 0 saturated carbocycles. The van der Waals surface area contributed by atoms with Crippen molar-refractivity contribution in [3.05, 3.63) is 83.4 Å². The van der Waals surface area contributed by atoms with Crippen molar-refractivity contribution in [2.45, 2.75) is 12.3 Å². The third-order valence-electron chi connectivity index (χ3n) is 4.49. The zero-order valence-corrected chi connectivity index (χ0v) is 12.8. The van der Waals surface area contributed by atoms with Crippen LogP contribution in [0, 0.1) is 5.95 Å². The monoisotopic (exact) mass is 305 g/mol. The van der Waals surface area contributed by atoms with Crippen LogP contribution in [0.5, 0.6) is 5.75 Å². The Bertz CT molecular complexity index is 875. The maximum Gasteiger partial charge on any atom is 0.213 e. The molecule has 1 heterocycles. The van der Waals surface area contributed by atoms with Crippen LogP contribution in [0.2, 0.25) is 0 Å². The number of pyridine rings is 1. The van der Waals surface area contributed by atoms with Gasteiger partial charge in [0.2, 0.25) is 5.95 Å². The molecule has 0 saturated heterocycles. The van der Waals surface area contributed by atoms with E-state index >= 15 is 0 Å². The smallest absolute Gasteiger partial charge is 0.213 e. The van der Waals surface area contributed by atoms with E-state index in [0.717, 1.165) is 17.7 Å². The van der Waals surface area contributed by atoms with Gasteiger partial charge in [-0.3, -0.25) is 0 Å². The fraction of sp³-hybridized carbons (Fsp3) is 0.150. The van der Waals surface area contributed by atoms with E-state index < -0.39 is 5.95 Å². The summed E-state index contributed by atoms with van der Waals surface area (Å²) in [5.74, 6) is 0.625. The predicted molar refractivity (Wildman–Crippen MR) is 88.2 cm³/mol. The van der Waals surface area contributed by atoms with Gasteiger partial charge in [0.05, 0.1) is 7.11 Å². The lowest BCUT2D eigenvalue weighted by Gasteiger charge is -2.14. The molecular formula is C20H16FNO. The highest BCUT2D eigenvalue weighted by molar-refractivity contribution is 5.79. The standard InChI is InChI=1S/C20H16FNO/c1-23-14-6-7-17-15-4-2-3-5-16(15)18(19(17)12-14)10-13-8-9-22-20(21)11-13/h2-9,11-12,18H,10H2,1H3. The van der Waals surface area contributed by atoms with Crippen LogP contribution < -0.4 is 4.74 Å². The minimum atomic E-state index is -0.431. The van der Waals surface area contributed by atoms with Gasteiger partial charge in [-0.1, -0.05) is 30.3 Å². The molecule has 3 aromatic rings. The highest BCUT2D eigenvalue weighted by Gasteiger charge is 2.28. The van der Waals surface area contributed by atoms with Crippen LogP contribution in [-0.4, -0.2) is 12.1 Å². The number of hydrogen-bond donors (Lipinski definition) is 0. The normalized spacial score (nSPS) is 15.1. The molecule has 1 aliphatic rings. The van der Waals surface area contributed by atoms with E-state index in [4.69, 9.17) is 4.74 Å². The summed E-state index contributed by atoms with van der Waals surface area (Å²) in [6.45, 7) is 0. The molecule has 3 heteroatoms. The second-order valence-electron chi connectivity index (χ2n) is 5.78. The number of aromatic nitrogens is 1. The average Bonchev–Trinajstić information content (AvgIpc) is 2.89. The summed E-state index contributed by atoms with van der Waals surface area (Å²) in [5.41, 5.74) is 5.97. The molecule has 2 aromatic carbocycles.